The zero-order valence-electron chi connectivity index (χ0n) is 22.5. The van der Waals surface area contributed by atoms with Crippen LogP contribution in [-0.4, -0.2) is 48.9 Å². The van der Waals surface area contributed by atoms with Crippen molar-refractivity contribution in [3.8, 4) is 11.5 Å². The molecule has 9 nitrogen and oxygen atoms in total. The standard InChI is InChI=1S/C29H30Cl2N2O7/c1-17(33-28(35)26-27(39-16-38-19(3)34)25(37-4)12-13-32-26)29(36)40-18(2)22(21-8-6-5-7-9-21)14-20-10-11-23(30)24(31)15-20/h5-13,15,17-18,22H,14,16H2,1-4H3,(H,33,35)/t17-,18-,22-/m0/s1. The minimum Gasteiger partial charge on any atom is -0.493 e. The molecule has 0 fully saturated rings. The van der Waals surface area contributed by atoms with E-state index in [-0.39, 0.29) is 23.1 Å². The predicted molar refractivity (Wildman–Crippen MR) is 150 cm³/mol. The number of rotatable bonds is 12. The fourth-order valence-electron chi connectivity index (χ4n) is 3.93. The molecule has 1 aromatic heterocycles. The minimum absolute atomic E-state index is 0.0385. The second-order valence-electron chi connectivity index (χ2n) is 8.90. The Hall–Kier alpha value is -3.82. The SMILES string of the molecule is COc1ccnc(C(=O)N[C@@H](C)C(=O)O[C@@H](C)[C@H](Cc2ccc(Cl)c(Cl)c2)c2ccccc2)c1OCOC(C)=O. The highest BCUT2D eigenvalue weighted by Gasteiger charge is 2.28. The molecular formula is C29H30Cl2N2O7. The Morgan fingerprint density at radius 1 is 1.00 bits per heavy atom. The van der Waals surface area contributed by atoms with Gasteiger partial charge in [-0.25, -0.2) is 9.78 Å². The summed E-state index contributed by atoms with van der Waals surface area (Å²) in [5.74, 6) is -1.95. The molecule has 11 heteroatoms. The van der Waals surface area contributed by atoms with Gasteiger partial charge in [0.15, 0.2) is 17.2 Å². The Labute approximate surface area is 242 Å². The van der Waals surface area contributed by atoms with Crippen LogP contribution in [0.2, 0.25) is 10.0 Å². The first-order valence-corrected chi connectivity index (χ1v) is 13.2. The molecule has 0 aliphatic carbocycles. The lowest BCUT2D eigenvalue weighted by Crippen LogP contribution is -2.41. The number of carbonyl (C=O) groups excluding carboxylic acids is 3. The predicted octanol–water partition coefficient (Wildman–Crippen LogP) is 5.37. The number of carbonyl (C=O) groups is 3. The van der Waals surface area contributed by atoms with Gasteiger partial charge in [-0.3, -0.25) is 9.59 Å². The molecule has 212 valence electrons. The van der Waals surface area contributed by atoms with Crippen LogP contribution < -0.4 is 14.8 Å². The molecule has 0 aliphatic rings. The summed E-state index contributed by atoms with van der Waals surface area (Å²) >= 11 is 12.3. The lowest BCUT2D eigenvalue weighted by Gasteiger charge is -2.26. The summed E-state index contributed by atoms with van der Waals surface area (Å²) in [4.78, 5) is 41.2. The molecular weight excluding hydrogens is 559 g/mol. The van der Waals surface area contributed by atoms with E-state index in [1.165, 1.54) is 33.2 Å². The van der Waals surface area contributed by atoms with E-state index in [0.29, 0.717) is 16.5 Å². The highest BCUT2D eigenvalue weighted by Crippen LogP contribution is 2.31. The van der Waals surface area contributed by atoms with Crippen LogP contribution in [0.15, 0.2) is 60.8 Å². The third kappa shape index (κ3) is 8.34. The smallest absolute Gasteiger partial charge is 0.328 e. The number of ether oxygens (including phenoxy) is 4. The molecule has 1 amide bonds. The van der Waals surface area contributed by atoms with Gasteiger partial charge in [-0.05, 0) is 43.5 Å². The van der Waals surface area contributed by atoms with Crippen molar-refractivity contribution >= 4 is 41.0 Å². The van der Waals surface area contributed by atoms with E-state index < -0.39 is 36.8 Å². The third-order valence-electron chi connectivity index (χ3n) is 6.01. The normalized spacial score (nSPS) is 12.9. The van der Waals surface area contributed by atoms with E-state index in [2.05, 4.69) is 10.3 Å². The van der Waals surface area contributed by atoms with E-state index in [1.54, 1.807) is 19.1 Å². The van der Waals surface area contributed by atoms with Gasteiger partial charge in [-0.15, -0.1) is 0 Å². The number of nitrogens with zero attached hydrogens (tertiary/aromatic N) is 1. The van der Waals surface area contributed by atoms with Gasteiger partial charge in [0.1, 0.15) is 12.1 Å². The number of nitrogens with one attached hydrogen (secondary N) is 1. The van der Waals surface area contributed by atoms with Crippen LogP contribution in [-0.2, 0) is 25.5 Å². The maximum Gasteiger partial charge on any atom is 0.328 e. The molecule has 0 bridgehead atoms. The lowest BCUT2D eigenvalue weighted by atomic mass is 9.88. The van der Waals surface area contributed by atoms with Gasteiger partial charge < -0.3 is 24.3 Å². The number of pyridine rings is 1. The molecule has 0 spiro atoms. The molecule has 1 heterocycles. The monoisotopic (exact) mass is 588 g/mol. The van der Waals surface area contributed by atoms with Gasteiger partial charge in [0.05, 0.1) is 17.2 Å². The summed E-state index contributed by atoms with van der Waals surface area (Å²) in [6.07, 6.45) is 1.33. The first-order valence-electron chi connectivity index (χ1n) is 12.4. The molecule has 0 aliphatic heterocycles. The topological polar surface area (TPSA) is 113 Å². The van der Waals surface area contributed by atoms with Crippen molar-refractivity contribution in [2.75, 3.05) is 13.9 Å². The second-order valence-corrected chi connectivity index (χ2v) is 9.71. The van der Waals surface area contributed by atoms with Crippen LogP contribution in [0.1, 0.15) is 48.3 Å². The van der Waals surface area contributed by atoms with Crippen molar-refractivity contribution in [1.29, 1.82) is 0 Å². The van der Waals surface area contributed by atoms with E-state index in [4.69, 9.17) is 42.1 Å². The van der Waals surface area contributed by atoms with Gasteiger partial charge in [0.25, 0.3) is 5.91 Å². The minimum atomic E-state index is -1.02. The van der Waals surface area contributed by atoms with Crippen LogP contribution >= 0.6 is 23.2 Å². The molecule has 0 saturated heterocycles. The number of esters is 2. The number of halogens is 2. The molecule has 0 saturated carbocycles. The summed E-state index contributed by atoms with van der Waals surface area (Å²) in [5, 5.41) is 3.48. The first kappa shape index (κ1) is 30.7. The molecule has 3 atom stereocenters. The van der Waals surface area contributed by atoms with Gasteiger partial charge >= 0.3 is 11.9 Å². The van der Waals surface area contributed by atoms with Gasteiger partial charge in [-0.2, -0.15) is 0 Å². The fraction of sp³-hybridized carbons (Fsp3) is 0.310. The maximum atomic E-state index is 13.1. The number of hydrogen-bond acceptors (Lipinski definition) is 8. The molecule has 0 unspecified atom stereocenters. The number of amides is 1. The molecule has 40 heavy (non-hydrogen) atoms. The van der Waals surface area contributed by atoms with Gasteiger partial charge in [0, 0.05) is 25.1 Å². The number of benzene rings is 2. The number of methoxy groups -OCH3 is 1. The maximum absolute atomic E-state index is 13.1. The average Bonchev–Trinajstić information content (AvgIpc) is 2.93. The molecule has 1 N–H and O–H groups in total. The van der Waals surface area contributed by atoms with Gasteiger partial charge in [-0.1, -0.05) is 59.6 Å². The Kier molecular flexibility index (Phi) is 11.2. The average molecular weight is 589 g/mol. The Morgan fingerprint density at radius 3 is 2.38 bits per heavy atom. The van der Waals surface area contributed by atoms with Crippen molar-refractivity contribution in [3.05, 3.63) is 87.7 Å². The first-order chi connectivity index (χ1) is 19.1. The zero-order valence-corrected chi connectivity index (χ0v) is 24.0. The highest BCUT2D eigenvalue weighted by molar-refractivity contribution is 6.42. The van der Waals surface area contributed by atoms with E-state index in [0.717, 1.165) is 11.1 Å². The summed E-state index contributed by atoms with van der Waals surface area (Å²) in [5.41, 5.74) is 1.75. The molecule has 3 aromatic rings. The van der Waals surface area contributed by atoms with Crippen molar-refractivity contribution < 1.29 is 33.3 Å². The van der Waals surface area contributed by atoms with Crippen molar-refractivity contribution in [2.24, 2.45) is 0 Å². The third-order valence-corrected chi connectivity index (χ3v) is 6.75. The van der Waals surface area contributed by atoms with Crippen LogP contribution in [0, 0.1) is 0 Å². The van der Waals surface area contributed by atoms with Crippen LogP contribution in [0.5, 0.6) is 11.5 Å². The largest absolute Gasteiger partial charge is 0.493 e. The van der Waals surface area contributed by atoms with Crippen LogP contribution in [0.3, 0.4) is 0 Å². The fourth-order valence-corrected chi connectivity index (χ4v) is 4.25. The van der Waals surface area contributed by atoms with E-state index in [1.807, 2.05) is 36.4 Å². The Bertz CT molecular complexity index is 1340. The van der Waals surface area contributed by atoms with Gasteiger partial charge in [0.2, 0.25) is 6.79 Å². The molecule has 0 radical (unpaired) electrons. The van der Waals surface area contributed by atoms with Crippen molar-refractivity contribution in [2.45, 2.75) is 45.3 Å². The summed E-state index contributed by atoms with van der Waals surface area (Å²) in [6, 6.07) is 15.5. The van der Waals surface area contributed by atoms with Crippen molar-refractivity contribution in [1.82, 2.24) is 10.3 Å². The lowest BCUT2D eigenvalue weighted by molar-refractivity contribution is -0.151. The highest BCUT2D eigenvalue weighted by atomic mass is 35.5. The zero-order chi connectivity index (χ0) is 29.2. The Balaban J connectivity index is 1.73. The van der Waals surface area contributed by atoms with Crippen molar-refractivity contribution in [3.63, 3.8) is 0 Å². The quantitative estimate of drug-likeness (QED) is 0.222. The van der Waals surface area contributed by atoms with E-state index in [9.17, 15) is 14.4 Å². The Morgan fingerprint density at radius 2 is 1.73 bits per heavy atom. The molecule has 3 rings (SSSR count). The van der Waals surface area contributed by atoms with E-state index >= 15 is 0 Å². The second kappa shape index (κ2) is 14.5. The molecule has 2 aromatic carbocycles. The number of aromatic nitrogens is 1. The summed E-state index contributed by atoms with van der Waals surface area (Å²) in [7, 11) is 1.39. The van der Waals surface area contributed by atoms with Crippen LogP contribution in [0.4, 0.5) is 0 Å². The summed E-state index contributed by atoms with van der Waals surface area (Å²) < 4.78 is 21.3. The number of hydrogen-bond donors (Lipinski definition) is 1. The summed E-state index contributed by atoms with van der Waals surface area (Å²) in [6.45, 7) is 4.07. The van der Waals surface area contributed by atoms with Crippen LogP contribution in [0.25, 0.3) is 0 Å².